The molecule has 3 heteroatoms. The quantitative estimate of drug-likeness (QED) is 0.801. The van der Waals surface area contributed by atoms with Crippen molar-refractivity contribution in [2.45, 2.75) is 46.7 Å². The van der Waals surface area contributed by atoms with Crippen LogP contribution >= 0.6 is 0 Å². The van der Waals surface area contributed by atoms with Gasteiger partial charge in [-0.1, -0.05) is 20.8 Å². The summed E-state index contributed by atoms with van der Waals surface area (Å²) in [6.07, 6.45) is 2.90. The highest BCUT2D eigenvalue weighted by molar-refractivity contribution is 5.09. The molecule has 1 heterocycles. The number of hydrogen-bond acceptors (Lipinski definition) is 2. The predicted octanol–water partition coefficient (Wildman–Crippen LogP) is 2.34. The number of hydrogen-bond donors (Lipinski definition) is 1. The lowest BCUT2D eigenvalue weighted by molar-refractivity contribution is 0.266. The Morgan fingerprint density at radius 1 is 1.50 bits per heavy atom. The topological polar surface area (TPSA) is 43.8 Å². The maximum atomic E-state index is 6.24. The normalized spacial score (nSPS) is 14.4. The third-order valence-electron chi connectivity index (χ3n) is 3.12. The Morgan fingerprint density at radius 2 is 2.14 bits per heavy atom. The molecule has 0 aliphatic heterocycles. The SMILES string of the molecule is CCn1nccc1C(N)C(C)(C)CC. The molecular weight excluding hydrogens is 174 g/mol. The minimum absolute atomic E-state index is 0.0648. The molecule has 0 amide bonds. The van der Waals surface area contributed by atoms with Crippen LogP contribution in [0.4, 0.5) is 0 Å². The van der Waals surface area contributed by atoms with Crippen molar-refractivity contribution < 1.29 is 0 Å². The van der Waals surface area contributed by atoms with E-state index in [4.69, 9.17) is 5.73 Å². The zero-order valence-corrected chi connectivity index (χ0v) is 9.62. The van der Waals surface area contributed by atoms with Crippen molar-refractivity contribution in [3.63, 3.8) is 0 Å². The van der Waals surface area contributed by atoms with E-state index >= 15 is 0 Å². The maximum Gasteiger partial charge on any atom is 0.0556 e. The van der Waals surface area contributed by atoms with Crippen molar-refractivity contribution in [1.29, 1.82) is 0 Å². The Kier molecular flexibility index (Phi) is 3.32. The van der Waals surface area contributed by atoms with Gasteiger partial charge >= 0.3 is 0 Å². The van der Waals surface area contributed by atoms with Gasteiger partial charge in [0, 0.05) is 12.7 Å². The van der Waals surface area contributed by atoms with Gasteiger partial charge in [-0.25, -0.2) is 0 Å². The van der Waals surface area contributed by atoms with Crippen molar-refractivity contribution in [2.75, 3.05) is 0 Å². The summed E-state index contributed by atoms with van der Waals surface area (Å²) in [5.74, 6) is 0. The summed E-state index contributed by atoms with van der Waals surface area (Å²) in [4.78, 5) is 0. The molecule has 3 nitrogen and oxygen atoms in total. The molecule has 14 heavy (non-hydrogen) atoms. The number of aromatic nitrogens is 2. The van der Waals surface area contributed by atoms with Gasteiger partial charge in [0.2, 0.25) is 0 Å². The summed E-state index contributed by atoms with van der Waals surface area (Å²) in [5.41, 5.74) is 7.51. The van der Waals surface area contributed by atoms with E-state index < -0.39 is 0 Å². The Hall–Kier alpha value is -0.830. The highest BCUT2D eigenvalue weighted by Crippen LogP contribution is 2.33. The third-order valence-corrected chi connectivity index (χ3v) is 3.12. The Morgan fingerprint density at radius 3 is 2.64 bits per heavy atom. The summed E-state index contributed by atoms with van der Waals surface area (Å²) in [7, 11) is 0. The lowest BCUT2D eigenvalue weighted by Crippen LogP contribution is -2.30. The first-order chi connectivity index (χ1) is 6.53. The van der Waals surface area contributed by atoms with Crippen molar-refractivity contribution in [3.8, 4) is 0 Å². The second-order valence-corrected chi connectivity index (χ2v) is 4.39. The summed E-state index contributed by atoms with van der Waals surface area (Å²) in [6.45, 7) is 9.54. The third kappa shape index (κ3) is 1.98. The summed E-state index contributed by atoms with van der Waals surface area (Å²) in [6, 6.07) is 2.08. The fourth-order valence-electron chi connectivity index (χ4n) is 1.49. The van der Waals surface area contributed by atoms with Gasteiger partial charge in [0.1, 0.15) is 0 Å². The molecule has 0 aromatic carbocycles. The molecule has 1 aromatic heterocycles. The number of aryl methyl sites for hydroxylation is 1. The molecule has 80 valence electrons. The van der Waals surface area contributed by atoms with Crippen LogP contribution in [0.1, 0.15) is 45.9 Å². The van der Waals surface area contributed by atoms with Crippen LogP contribution in [-0.2, 0) is 6.54 Å². The lowest BCUT2D eigenvalue weighted by atomic mass is 9.81. The molecule has 0 bridgehead atoms. The predicted molar refractivity (Wildman–Crippen MR) is 58.9 cm³/mol. The van der Waals surface area contributed by atoms with E-state index in [9.17, 15) is 0 Å². The average Bonchev–Trinajstić information content (AvgIpc) is 2.64. The smallest absolute Gasteiger partial charge is 0.0556 e. The largest absolute Gasteiger partial charge is 0.322 e. The molecule has 1 atom stereocenters. The average molecular weight is 195 g/mol. The van der Waals surface area contributed by atoms with Gasteiger partial charge in [-0.15, -0.1) is 0 Å². The van der Waals surface area contributed by atoms with Crippen molar-refractivity contribution in [3.05, 3.63) is 18.0 Å². The fourth-order valence-corrected chi connectivity index (χ4v) is 1.49. The molecular formula is C11H21N3. The second kappa shape index (κ2) is 4.13. The molecule has 0 saturated carbocycles. The van der Waals surface area contributed by atoms with Crippen LogP contribution in [0.25, 0.3) is 0 Å². The molecule has 0 fully saturated rings. The van der Waals surface area contributed by atoms with Gasteiger partial charge in [0.15, 0.2) is 0 Å². The Balaban J connectivity index is 2.94. The molecule has 1 aromatic rings. The first-order valence-electron chi connectivity index (χ1n) is 5.30. The minimum Gasteiger partial charge on any atom is -0.322 e. The van der Waals surface area contributed by atoms with Crippen LogP contribution < -0.4 is 5.73 Å². The van der Waals surface area contributed by atoms with E-state index in [1.165, 1.54) is 0 Å². The van der Waals surface area contributed by atoms with Crippen LogP contribution in [0.5, 0.6) is 0 Å². The van der Waals surface area contributed by atoms with E-state index in [2.05, 4.69) is 32.8 Å². The van der Waals surface area contributed by atoms with Crippen molar-refractivity contribution in [2.24, 2.45) is 11.1 Å². The highest BCUT2D eigenvalue weighted by atomic mass is 15.3. The van der Waals surface area contributed by atoms with E-state index in [-0.39, 0.29) is 11.5 Å². The van der Waals surface area contributed by atoms with Gasteiger partial charge in [-0.3, -0.25) is 4.68 Å². The van der Waals surface area contributed by atoms with Gasteiger partial charge in [-0.05, 0) is 24.8 Å². The summed E-state index contributed by atoms with van der Waals surface area (Å²) in [5, 5.41) is 4.24. The molecule has 0 radical (unpaired) electrons. The molecule has 0 spiro atoms. The van der Waals surface area contributed by atoms with Crippen LogP contribution in [0, 0.1) is 5.41 Å². The molecule has 0 saturated heterocycles. The van der Waals surface area contributed by atoms with E-state index in [1.54, 1.807) is 0 Å². The summed E-state index contributed by atoms with van der Waals surface area (Å²) < 4.78 is 1.97. The minimum atomic E-state index is 0.0648. The van der Waals surface area contributed by atoms with E-state index in [0.717, 1.165) is 18.7 Å². The fraction of sp³-hybridized carbons (Fsp3) is 0.727. The summed E-state index contributed by atoms with van der Waals surface area (Å²) >= 11 is 0. The van der Waals surface area contributed by atoms with Crippen molar-refractivity contribution in [1.82, 2.24) is 9.78 Å². The van der Waals surface area contributed by atoms with Crippen molar-refractivity contribution >= 4 is 0 Å². The van der Waals surface area contributed by atoms with E-state index in [1.807, 2.05) is 16.9 Å². The number of nitrogens with two attached hydrogens (primary N) is 1. The van der Waals surface area contributed by atoms with Gasteiger partial charge in [-0.2, -0.15) is 5.10 Å². The van der Waals surface area contributed by atoms with E-state index in [0.29, 0.717) is 0 Å². The zero-order chi connectivity index (χ0) is 10.8. The molecule has 0 aliphatic rings. The monoisotopic (exact) mass is 195 g/mol. The highest BCUT2D eigenvalue weighted by Gasteiger charge is 2.27. The second-order valence-electron chi connectivity index (χ2n) is 4.39. The maximum absolute atomic E-state index is 6.24. The van der Waals surface area contributed by atoms with Gasteiger partial charge in [0.05, 0.1) is 11.7 Å². The first-order valence-corrected chi connectivity index (χ1v) is 5.30. The van der Waals surface area contributed by atoms with Crippen LogP contribution in [0.15, 0.2) is 12.3 Å². The number of nitrogens with zero attached hydrogens (tertiary/aromatic N) is 2. The van der Waals surface area contributed by atoms with Gasteiger partial charge in [0.25, 0.3) is 0 Å². The zero-order valence-electron chi connectivity index (χ0n) is 9.62. The standard InChI is InChI=1S/C11H21N3/c1-5-11(3,4)10(12)9-7-8-13-14(9)6-2/h7-8,10H,5-6,12H2,1-4H3. The molecule has 2 N–H and O–H groups in total. The van der Waals surface area contributed by atoms with Crippen LogP contribution in [0.3, 0.4) is 0 Å². The van der Waals surface area contributed by atoms with Crippen LogP contribution in [-0.4, -0.2) is 9.78 Å². The van der Waals surface area contributed by atoms with Gasteiger partial charge < -0.3 is 5.73 Å². The first kappa shape index (κ1) is 11.2. The number of rotatable bonds is 4. The van der Waals surface area contributed by atoms with Crippen LogP contribution in [0.2, 0.25) is 0 Å². The molecule has 0 aliphatic carbocycles. The molecule has 1 rings (SSSR count). The molecule has 1 unspecified atom stereocenters. The Bertz CT molecular complexity index is 288. The lowest BCUT2D eigenvalue weighted by Gasteiger charge is -2.30. The Labute approximate surface area is 86.3 Å².